The summed E-state index contributed by atoms with van der Waals surface area (Å²) in [4.78, 5) is 8.44. The second-order valence-corrected chi connectivity index (χ2v) is 4.82. The van der Waals surface area contributed by atoms with E-state index >= 15 is 0 Å². The summed E-state index contributed by atoms with van der Waals surface area (Å²) in [5, 5.41) is 3.40. The molecule has 2 aromatic rings. The van der Waals surface area contributed by atoms with Crippen LogP contribution in [0.25, 0.3) is 11.3 Å². The summed E-state index contributed by atoms with van der Waals surface area (Å²) in [7, 11) is 1.53. The van der Waals surface area contributed by atoms with Gasteiger partial charge in [0.2, 0.25) is 5.88 Å². The van der Waals surface area contributed by atoms with Gasteiger partial charge in [-0.1, -0.05) is 13.0 Å². The monoisotopic (exact) mass is 289 g/mol. The Morgan fingerprint density at radius 2 is 2.05 bits per heavy atom. The zero-order valence-corrected chi connectivity index (χ0v) is 12.6. The Kier molecular flexibility index (Phi) is 5.22. The van der Waals surface area contributed by atoms with Crippen LogP contribution in [0.4, 0.5) is 4.39 Å². The summed E-state index contributed by atoms with van der Waals surface area (Å²) in [6.07, 6.45) is 4.17. The third-order valence-corrected chi connectivity index (χ3v) is 3.30. The Morgan fingerprint density at radius 3 is 2.76 bits per heavy atom. The highest BCUT2D eigenvalue weighted by Gasteiger charge is 2.17. The second-order valence-electron chi connectivity index (χ2n) is 4.82. The van der Waals surface area contributed by atoms with Gasteiger partial charge in [0, 0.05) is 24.0 Å². The number of hydrogen-bond acceptors (Lipinski definition) is 4. The zero-order chi connectivity index (χ0) is 15.2. The molecule has 2 rings (SSSR count). The normalized spacial score (nSPS) is 12.2. The van der Waals surface area contributed by atoms with Crippen LogP contribution in [-0.2, 0) is 0 Å². The van der Waals surface area contributed by atoms with Gasteiger partial charge in [-0.2, -0.15) is 0 Å². The first-order chi connectivity index (χ1) is 10.2. The van der Waals surface area contributed by atoms with Gasteiger partial charge in [-0.05, 0) is 37.6 Å². The standard InChI is InChI=1S/C16H20FN3O/c1-4-7-18-11(2)13-6-5-12(17)10-14(13)15-16(21-3)20-9-8-19-15/h5-6,8-11,18H,4,7H2,1-3H3. The molecule has 0 fully saturated rings. The molecule has 1 atom stereocenters. The van der Waals surface area contributed by atoms with Crippen molar-refractivity contribution in [1.29, 1.82) is 0 Å². The molecule has 112 valence electrons. The molecule has 21 heavy (non-hydrogen) atoms. The lowest BCUT2D eigenvalue weighted by atomic mass is 9.98. The molecule has 1 N–H and O–H groups in total. The number of benzene rings is 1. The third-order valence-electron chi connectivity index (χ3n) is 3.30. The number of aromatic nitrogens is 2. The highest BCUT2D eigenvalue weighted by molar-refractivity contribution is 5.68. The van der Waals surface area contributed by atoms with Crippen LogP contribution in [0.5, 0.6) is 5.88 Å². The first kappa shape index (κ1) is 15.4. The zero-order valence-electron chi connectivity index (χ0n) is 12.6. The van der Waals surface area contributed by atoms with E-state index in [9.17, 15) is 4.39 Å². The second kappa shape index (κ2) is 7.13. The van der Waals surface area contributed by atoms with Gasteiger partial charge in [0.05, 0.1) is 7.11 Å². The van der Waals surface area contributed by atoms with Crippen LogP contribution >= 0.6 is 0 Å². The van der Waals surface area contributed by atoms with Crippen molar-refractivity contribution in [1.82, 2.24) is 15.3 Å². The van der Waals surface area contributed by atoms with Crippen molar-refractivity contribution in [2.45, 2.75) is 26.3 Å². The van der Waals surface area contributed by atoms with Crippen molar-refractivity contribution in [3.63, 3.8) is 0 Å². The molecule has 0 aliphatic heterocycles. The number of nitrogens with zero attached hydrogens (tertiary/aromatic N) is 2. The lowest BCUT2D eigenvalue weighted by molar-refractivity contribution is 0.397. The number of rotatable bonds is 6. The summed E-state index contributed by atoms with van der Waals surface area (Å²) >= 11 is 0. The summed E-state index contributed by atoms with van der Waals surface area (Å²) < 4.78 is 18.9. The topological polar surface area (TPSA) is 47.0 Å². The van der Waals surface area contributed by atoms with E-state index in [1.165, 1.54) is 19.2 Å². The van der Waals surface area contributed by atoms with Crippen molar-refractivity contribution in [2.24, 2.45) is 0 Å². The molecule has 1 aromatic carbocycles. The molecule has 1 aromatic heterocycles. The summed E-state index contributed by atoms with van der Waals surface area (Å²) in [5.74, 6) is 0.0937. The minimum absolute atomic E-state index is 0.0901. The van der Waals surface area contributed by atoms with E-state index in [1.54, 1.807) is 18.5 Å². The highest BCUT2D eigenvalue weighted by atomic mass is 19.1. The summed E-state index contributed by atoms with van der Waals surface area (Å²) in [6.45, 7) is 5.06. The Hall–Kier alpha value is -2.01. The molecular formula is C16H20FN3O. The van der Waals surface area contributed by atoms with Crippen molar-refractivity contribution in [3.8, 4) is 17.1 Å². The average Bonchev–Trinajstić information content (AvgIpc) is 2.52. The van der Waals surface area contributed by atoms with Gasteiger partial charge in [-0.3, -0.25) is 0 Å². The fourth-order valence-electron chi connectivity index (χ4n) is 2.24. The average molecular weight is 289 g/mol. The number of nitrogens with one attached hydrogen (secondary N) is 1. The van der Waals surface area contributed by atoms with E-state index in [1.807, 2.05) is 0 Å². The SMILES string of the molecule is CCCNC(C)c1ccc(F)cc1-c1nccnc1OC. The fraction of sp³-hybridized carbons (Fsp3) is 0.375. The molecule has 5 heteroatoms. The van der Waals surface area contributed by atoms with Crippen LogP contribution in [-0.4, -0.2) is 23.6 Å². The van der Waals surface area contributed by atoms with E-state index in [-0.39, 0.29) is 11.9 Å². The van der Waals surface area contributed by atoms with Crippen molar-refractivity contribution < 1.29 is 9.13 Å². The first-order valence-electron chi connectivity index (χ1n) is 7.05. The molecular weight excluding hydrogens is 269 g/mol. The maximum absolute atomic E-state index is 13.7. The minimum atomic E-state index is -0.302. The van der Waals surface area contributed by atoms with E-state index in [2.05, 4.69) is 29.1 Å². The van der Waals surface area contributed by atoms with E-state index in [0.29, 0.717) is 17.1 Å². The molecule has 0 bridgehead atoms. The van der Waals surface area contributed by atoms with E-state index in [4.69, 9.17) is 4.74 Å². The number of hydrogen-bond donors (Lipinski definition) is 1. The Balaban J connectivity index is 2.48. The van der Waals surface area contributed by atoms with Gasteiger partial charge in [-0.15, -0.1) is 0 Å². The van der Waals surface area contributed by atoms with Gasteiger partial charge >= 0.3 is 0 Å². The van der Waals surface area contributed by atoms with Gasteiger partial charge in [0.1, 0.15) is 11.5 Å². The van der Waals surface area contributed by atoms with E-state index < -0.39 is 0 Å². The number of ether oxygens (including phenoxy) is 1. The Labute approximate surface area is 124 Å². The highest BCUT2D eigenvalue weighted by Crippen LogP contribution is 2.32. The molecule has 0 amide bonds. The number of methoxy groups -OCH3 is 1. The van der Waals surface area contributed by atoms with Gasteiger partial charge in [0.25, 0.3) is 0 Å². The van der Waals surface area contributed by atoms with Gasteiger partial charge in [0.15, 0.2) is 0 Å². The summed E-state index contributed by atoms with van der Waals surface area (Å²) in [5.41, 5.74) is 2.24. The molecule has 0 aliphatic rings. The van der Waals surface area contributed by atoms with Crippen LogP contribution in [0.2, 0.25) is 0 Å². The van der Waals surface area contributed by atoms with Crippen molar-refractivity contribution in [3.05, 3.63) is 42.0 Å². The molecule has 0 saturated heterocycles. The van der Waals surface area contributed by atoms with E-state index in [0.717, 1.165) is 18.5 Å². The smallest absolute Gasteiger partial charge is 0.240 e. The molecule has 1 unspecified atom stereocenters. The molecule has 0 saturated carbocycles. The largest absolute Gasteiger partial charge is 0.479 e. The third kappa shape index (κ3) is 3.55. The summed E-state index contributed by atoms with van der Waals surface area (Å²) in [6, 6.07) is 4.82. The molecule has 0 spiro atoms. The Bertz CT molecular complexity index is 604. The fourth-order valence-corrected chi connectivity index (χ4v) is 2.24. The lowest BCUT2D eigenvalue weighted by Gasteiger charge is -2.18. The molecule has 0 aliphatic carbocycles. The van der Waals surface area contributed by atoms with Crippen LogP contribution in [0, 0.1) is 5.82 Å². The molecule has 4 nitrogen and oxygen atoms in total. The maximum Gasteiger partial charge on any atom is 0.240 e. The first-order valence-corrected chi connectivity index (χ1v) is 7.05. The van der Waals surface area contributed by atoms with Gasteiger partial charge < -0.3 is 10.1 Å². The van der Waals surface area contributed by atoms with Gasteiger partial charge in [-0.25, -0.2) is 14.4 Å². The van der Waals surface area contributed by atoms with Crippen molar-refractivity contribution >= 4 is 0 Å². The number of halogens is 1. The molecule has 0 radical (unpaired) electrons. The predicted molar refractivity (Wildman–Crippen MR) is 80.7 cm³/mol. The Morgan fingerprint density at radius 1 is 1.29 bits per heavy atom. The van der Waals surface area contributed by atoms with Crippen LogP contribution < -0.4 is 10.1 Å². The van der Waals surface area contributed by atoms with Crippen LogP contribution in [0.15, 0.2) is 30.6 Å². The predicted octanol–water partition coefficient (Wildman–Crippen LogP) is 3.35. The molecule has 1 heterocycles. The lowest BCUT2D eigenvalue weighted by Crippen LogP contribution is -2.20. The quantitative estimate of drug-likeness (QED) is 0.886. The van der Waals surface area contributed by atoms with Crippen molar-refractivity contribution in [2.75, 3.05) is 13.7 Å². The van der Waals surface area contributed by atoms with Crippen LogP contribution in [0.1, 0.15) is 31.9 Å². The maximum atomic E-state index is 13.7. The minimum Gasteiger partial charge on any atom is -0.479 e. The van der Waals surface area contributed by atoms with Crippen LogP contribution in [0.3, 0.4) is 0 Å².